The van der Waals surface area contributed by atoms with Crippen LogP contribution in [0.2, 0.25) is 0 Å². The fraction of sp³-hybridized carbons (Fsp3) is 0.556. The van der Waals surface area contributed by atoms with Gasteiger partial charge in [-0.25, -0.2) is 0 Å². The lowest BCUT2D eigenvalue weighted by molar-refractivity contribution is -0.128. The predicted octanol–water partition coefficient (Wildman–Crippen LogP) is 0.810. The van der Waals surface area contributed by atoms with Gasteiger partial charge in [-0.2, -0.15) is 0 Å². The van der Waals surface area contributed by atoms with Gasteiger partial charge in [0.1, 0.15) is 6.04 Å². The zero-order chi connectivity index (χ0) is 9.42. The molecular formula is C9H12N2OS. The summed E-state index contributed by atoms with van der Waals surface area (Å²) in [7, 11) is 0. The van der Waals surface area contributed by atoms with Crippen LogP contribution < -0.4 is 5.32 Å². The molecule has 0 aromatic heterocycles. The molecule has 0 aromatic carbocycles. The molecule has 1 heterocycles. The van der Waals surface area contributed by atoms with Crippen molar-refractivity contribution in [3.05, 3.63) is 12.2 Å². The quantitative estimate of drug-likeness (QED) is 0.497. The van der Waals surface area contributed by atoms with Crippen LogP contribution in [-0.4, -0.2) is 28.0 Å². The van der Waals surface area contributed by atoms with Crippen molar-refractivity contribution in [3.8, 4) is 0 Å². The molecule has 0 spiro atoms. The maximum Gasteiger partial charge on any atom is 0.251 e. The summed E-state index contributed by atoms with van der Waals surface area (Å²) in [5.74, 6) is 0.110. The van der Waals surface area contributed by atoms with Crippen LogP contribution in [0.3, 0.4) is 0 Å². The van der Waals surface area contributed by atoms with Crippen molar-refractivity contribution in [3.63, 3.8) is 0 Å². The highest BCUT2D eigenvalue weighted by molar-refractivity contribution is 7.80. The minimum atomic E-state index is -0.145. The first-order valence-corrected chi connectivity index (χ1v) is 4.89. The van der Waals surface area contributed by atoms with Crippen molar-refractivity contribution >= 4 is 23.2 Å². The molecule has 2 aliphatic rings. The van der Waals surface area contributed by atoms with Gasteiger partial charge in [-0.3, -0.25) is 9.69 Å². The Morgan fingerprint density at radius 3 is 2.62 bits per heavy atom. The maximum atomic E-state index is 11.7. The van der Waals surface area contributed by atoms with Crippen molar-refractivity contribution < 1.29 is 4.79 Å². The summed E-state index contributed by atoms with van der Waals surface area (Å²) in [4.78, 5) is 13.4. The third kappa shape index (κ3) is 1.35. The molecule has 1 unspecified atom stereocenters. The fourth-order valence-corrected chi connectivity index (χ4v) is 2.20. The molecule has 1 amide bonds. The number of carbonyl (C=O) groups is 1. The summed E-state index contributed by atoms with van der Waals surface area (Å²) < 4.78 is 0. The summed E-state index contributed by atoms with van der Waals surface area (Å²) in [6, 6.07) is 0.116. The molecule has 1 aliphatic carbocycles. The lowest BCUT2D eigenvalue weighted by Crippen LogP contribution is -2.39. The van der Waals surface area contributed by atoms with Crippen LogP contribution in [-0.2, 0) is 4.79 Å². The second-order valence-electron chi connectivity index (χ2n) is 3.48. The third-order valence-corrected chi connectivity index (χ3v) is 2.83. The molecule has 0 radical (unpaired) electrons. The van der Waals surface area contributed by atoms with E-state index in [4.69, 9.17) is 12.2 Å². The SMILES string of the molecule is CC1NC(=S)N(C2CC=CC2)C1=O. The molecule has 0 saturated carbocycles. The first-order valence-electron chi connectivity index (χ1n) is 4.48. The number of nitrogens with zero attached hydrogens (tertiary/aromatic N) is 1. The van der Waals surface area contributed by atoms with Crippen molar-refractivity contribution in [2.75, 3.05) is 0 Å². The van der Waals surface area contributed by atoms with Crippen LogP contribution in [0.25, 0.3) is 0 Å². The van der Waals surface area contributed by atoms with E-state index in [9.17, 15) is 4.79 Å². The minimum absolute atomic E-state index is 0.110. The number of carbonyl (C=O) groups excluding carboxylic acids is 1. The molecule has 0 aromatic rings. The monoisotopic (exact) mass is 196 g/mol. The Balaban J connectivity index is 2.14. The normalized spacial score (nSPS) is 28.7. The highest BCUT2D eigenvalue weighted by Crippen LogP contribution is 2.21. The van der Waals surface area contributed by atoms with Gasteiger partial charge < -0.3 is 5.32 Å². The maximum absolute atomic E-state index is 11.7. The molecule has 1 saturated heterocycles. The van der Waals surface area contributed by atoms with Crippen LogP contribution in [0.5, 0.6) is 0 Å². The lowest BCUT2D eigenvalue weighted by atomic mass is 10.2. The van der Waals surface area contributed by atoms with Crippen molar-refractivity contribution in [2.45, 2.75) is 31.8 Å². The van der Waals surface area contributed by atoms with Gasteiger partial charge in [-0.15, -0.1) is 0 Å². The first-order chi connectivity index (χ1) is 6.20. The summed E-state index contributed by atoms with van der Waals surface area (Å²) in [6.45, 7) is 1.84. The lowest BCUT2D eigenvalue weighted by Gasteiger charge is -2.22. The van der Waals surface area contributed by atoms with Crippen LogP contribution in [0, 0.1) is 0 Å². The van der Waals surface area contributed by atoms with E-state index in [1.54, 1.807) is 4.90 Å². The Hall–Kier alpha value is -0.900. The molecule has 1 aliphatic heterocycles. The number of amides is 1. The number of hydrogen-bond acceptors (Lipinski definition) is 2. The van der Waals surface area contributed by atoms with E-state index < -0.39 is 0 Å². The van der Waals surface area contributed by atoms with Crippen molar-refractivity contribution in [1.82, 2.24) is 10.2 Å². The van der Waals surface area contributed by atoms with E-state index in [0.29, 0.717) is 5.11 Å². The van der Waals surface area contributed by atoms with E-state index in [2.05, 4.69) is 17.5 Å². The Bertz CT molecular complexity index is 279. The Labute approximate surface area is 82.8 Å². The number of rotatable bonds is 1. The molecule has 4 heteroatoms. The highest BCUT2D eigenvalue weighted by Gasteiger charge is 2.36. The molecule has 0 bridgehead atoms. The van der Waals surface area contributed by atoms with Gasteiger partial charge in [0, 0.05) is 6.04 Å². The van der Waals surface area contributed by atoms with Gasteiger partial charge in [-0.05, 0) is 32.0 Å². The van der Waals surface area contributed by atoms with Crippen LogP contribution >= 0.6 is 12.2 Å². The second kappa shape index (κ2) is 3.10. The molecule has 70 valence electrons. The third-order valence-electron chi connectivity index (χ3n) is 2.51. The average molecular weight is 196 g/mol. The van der Waals surface area contributed by atoms with Crippen LogP contribution in [0.4, 0.5) is 0 Å². The molecular weight excluding hydrogens is 184 g/mol. The van der Waals surface area contributed by atoms with E-state index in [0.717, 1.165) is 12.8 Å². The summed E-state index contributed by atoms with van der Waals surface area (Å²) in [5.41, 5.74) is 0. The number of nitrogens with one attached hydrogen (secondary N) is 1. The summed E-state index contributed by atoms with van der Waals surface area (Å²) >= 11 is 5.10. The molecule has 1 fully saturated rings. The fourth-order valence-electron chi connectivity index (χ4n) is 1.78. The van der Waals surface area contributed by atoms with E-state index in [1.807, 2.05) is 6.92 Å². The first kappa shape index (κ1) is 8.69. The van der Waals surface area contributed by atoms with Gasteiger partial charge >= 0.3 is 0 Å². The highest BCUT2D eigenvalue weighted by atomic mass is 32.1. The average Bonchev–Trinajstić information content (AvgIpc) is 2.63. The van der Waals surface area contributed by atoms with E-state index in [-0.39, 0.29) is 18.0 Å². The largest absolute Gasteiger partial charge is 0.351 e. The molecule has 13 heavy (non-hydrogen) atoms. The van der Waals surface area contributed by atoms with Crippen LogP contribution in [0.1, 0.15) is 19.8 Å². The number of hydrogen-bond donors (Lipinski definition) is 1. The zero-order valence-corrected chi connectivity index (χ0v) is 8.30. The van der Waals surface area contributed by atoms with Crippen LogP contribution in [0.15, 0.2) is 12.2 Å². The van der Waals surface area contributed by atoms with Gasteiger partial charge in [0.15, 0.2) is 5.11 Å². The number of thiocarbonyl (C=S) groups is 1. The van der Waals surface area contributed by atoms with Gasteiger partial charge in [0.05, 0.1) is 0 Å². The Morgan fingerprint density at radius 2 is 2.15 bits per heavy atom. The minimum Gasteiger partial charge on any atom is -0.351 e. The summed E-state index contributed by atoms with van der Waals surface area (Å²) in [6.07, 6.45) is 6.06. The molecule has 2 rings (SSSR count). The standard InChI is InChI=1S/C9H12N2OS/c1-6-8(12)11(9(13)10-6)7-4-2-3-5-7/h2-3,6-7H,4-5H2,1H3,(H,10,13). The van der Waals surface area contributed by atoms with E-state index in [1.165, 1.54) is 0 Å². The van der Waals surface area contributed by atoms with Gasteiger partial charge in [-0.1, -0.05) is 12.2 Å². The molecule has 1 N–H and O–H groups in total. The van der Waals surface area contributed by atoms with Crippen molar-refractivity contribution in [2.24, 2.45) is 0 Å². The Morgan fingerprint density at radius 1 is 1.54 bits per heavy atom. The predicted molar refractivity (Wildman–Crippen MR) is 54.2 cm³/mol. The topological polar surface area (TPSA) is 32.3 Å². The zero-order valence-electron chi connectivity index (χ0n) is 7.49. The van der Waals surface area contributed by atoms with E-state index >= 15 is 0 Å². The second-order valence-corrected chi connectivity index (χ2v) is 3.86. The molecule has 3 nitrogen and oxygen atoms in total. The Kier molecular flexibility index (Phi) is 2.07. The van der Waals surface area contributed by atoms with Gasteiger partial charge in [0.25, 0.3) is 5.91 Å². The van der Waals surface area contributed by atoms with Gasteiger partial charge in [0.2, 0.25) is 0 Å². The molecule has 1 atom stereocenters. The summed E-state index contributed by atoms with van der Waals surface area (Å²) in [5, 5.41) is 3.56. The smallest absolute Gasteiger partial charge is 0.251 e. The van der Waals surface area contributed by atoms with Crippen molar-refractivity contribution in [1.29, 1.82) is 0 Å².